The SMILES string of the molecule is COCCOCCOC1=C(C)C(=O)C2=C(C1=O)C(CO)C1(OC)C3NC3CN21.NC(=O)O. The van der Waals surface area contributed by atoms with Crippen LogP contribution in [-0.2, 0) is 28.5 Å². The molecule has 1 amide bonds. The van der Waals surface area contributed by atoms with Gasteiger partial charge in [0, 0.05) is 38.0 Å². The van der Waals surface area contributed by atoms with E-state index in [0.29, 0.717) is 31.0 Å². The Morgan fingerprint density at radius 1 is 1.22 bits per heavy atom. The number of nitrogens with zero attached hydrogens (tertiary/aromatic N) is 1. The molecule has 32 heavy (non-hydrogen) atoms. The molecule has 2 fully saturated rings. The number of amides is 1. The lowest BCUT2D eigenvalue weighted by atomic mass is 9.83. The zero-order valence-corrected chi connectivity index (χ0v) is 18.3. The van der Waals surface area contributed by atoms with Gasteiger partial charge in [-0.05, 0) is 6.92 Å². The fourth-order valence-electron chi connectivity index (χ4n) is 4.74. The van der Waals surface area contributed by atoms with Gasteiger partial charge in [-0.1, -0.05) is 0 Å². The number of piperazine rings is 1. The third kappa shape index (κ3) is 3.88. The first kappa shape index (κ1) is 24.1. The van der Waals surface area contributed by atoms with E-state index >= 15 is 0 Å². The van der Waals surface area contributed by atoms with Crippen molar-refractivity contribution in [3.05, 3.63) is 22.6 Å². The smallest absolute Gasteiger partial charge is 0.402 e. The zero-order valence-electron chi connectivity index (χ0n) is 18.3. The third-order valence-corrected chi connectivity index (χ3v) is 6.07. The first-order valence-corrected chi connectivity index (χ1v) is 10.2. The van der Waals surface area contributed by atoms with Crippen molar-refractivity contribution >= 4 is 17.7 Å². The molecule has 0 radical (unpaired) electrons. The average Bonchev–Trinajstić information content (AvgIpc) is 3.36. The number of carbonyl (C=O) groups excluding carboxylic acids is 2. The van der Waals surface area contributed by atoms with Gasteiger partial charge in [0.2, 0.25) is 11.6 Å². The summed E-state index contributed by atoms with van der Waals surface area (Å²) in [6.45, 7) is 3.20. The fraction of sp³-hybridized carbons (Fsp3) is 0.650. The van der Waals surface area contributed by atoms with Crippen LogP contribution in [-0.4, -0.2) is 104 Å². The summed E-state index contributed by atoms with van der Waals surface area (Å²) >= 11 is 0. The largest absolute Gasteiger partial charge is 0.487 e. The number of ether oxygens (including phenoxy) is 4. The summed E-state index contributed by atoms with van der Waals surface area (Å²) in [7, 11) is 3.14. The Balaban J connectivity index is 0.000000668. The van der Waals surface area contributed by atoms with Crippen molar-refractivity contribution in [2.75, 3.05) is 53.8 Å². The highest BCUT2D eigenvalue weighted by molar-refractivity contribution is 6.25. The molecule has 4 aliphatic rings. The van der Waals surface area contributed by atoms with Gasteiger partial charge in [-0.15, -0.1) is 0 Å². The molecule has 4 unspecified atom stereocenters. The number of ketones is 2. The molecule has 3 heterocycles. The molecule has 0 bridgehead atoms. The minimum Gasteiger partial charge on any atom is -0.487 e. The Morgan fingerprint density at radius 3 is 2.47 bits per heavy atom. The first-order valence-electron chi connectivity index (χ1n) is 10.2. The minimum absolute atomic E-state index is 0.0142. The number of allylic oxidation sites excluding steroid dienone is 2. The van der Waals surface area contributed by atoms with E-state index < -0.39 is 17.7 Å². The number of carbonyl (C=O) groups is 3. The highest BCUT2D eigenvalue weighted by atomic mass is 16.5. The summed E-state index contributed by atoms with van der Waals surface area (Å²) in [5.74, 6) is -1.18. The number of fused-ring (bicyclic) bond motifs is 4. The van der Waals surface area contributed by atoms with Crippen LogP contribution in [0.5, 0.6) is 0 Å². The Labute approximate surface area is 184 Å². The Kier molecular flexibility index (Phi) is 7.20. The number of aliphatic hydroxyl groups is 1. The average molecular weight is 455 g/mol. The first-order chi connectivity index (χ1) is 15.3. The van der Waals surface area contributed by atoms with Gasteiger partial charge < -0.3 is 45.1 Å². The summed E-state index contributed by atoms with van der Waals surface area (Å²) in [4.78, 5) is 37.0. The van der Waals surface area contributed by atoms with Crippen molar-refractivity contribution in [2.45, 2.75) is 24.7 Å². The highest BCUT2D eigenvalue weighted by Gasteiger charge is 2.72. The molecule has 0 saturated carbocycles. The number of hydrogen-bond acceptors (Lipinski definition) is 10. The molecule has 0 spiro atoms. The number of nitrogens with two attached hydrogens (primary N) is 1. The number of nitrogens with one attached hydrogen (secondary N) is 1. The van der Waals surface area contributed by atoms with Crippen molar-refractivity contribution in [3.63, 3.8) is 0 Å². The van der Waals surface area contributed by atoms with E-state index in [2.05, 4.69) is 11.1 Å². The maximum Gasteiger partial charge on any atom is 0.402 e. The van der Waals surface area contributed by atoms with Crippen LogP contribution >= 0.6 is 0 Å². The van der Waals surface area contributed by atoms with Crippen LogP contribution in [0.3, 0.4) is 0 Å². The molecule has 12 nitrogen and oxygen atoms in total. The normalized spacial score (nSPS) is 30.0. The molecule has 2 saturated heterocycles. The molecule has 0 aromatic heterocycles. The summed E-state index contributed by atoms with van der Waals surface area (Å²) in [5, 5.41) is 20.6. The Bertz CT molecular complexity index is 851. The second-order valence-electron chi connectivity index (χ2n) is 7.72. The number of aliphatic hydroxyl groups excluding tert-OH is 1. The third-order valence-electron chi connectivity index (χ3n) is 6.07. The topological polar surface area (TPSA) is 180 Å². The second kappa shape index (κ2) is 9.55. The van der Waals surface area contributed by atoms with E-state index in [-0.39, 0.29) is 54.8 Å². The molecular weight excluding hydrogens is 426 g/mol. The lowest BCUT2D eigenvalue weighted by molar-refractivity contribution is -0.137. The Morgan fingerprint density at radius 2 is 1.88 bits per heavy atom. The van der Waals surface area contributed by atoms with Gasteiger partial charge in [-0.25, -0.2) is 4.79 Å². The van der Waals surface area contributed by atoms with E-state index in [0.717, 1.165) is 0 Å². The molecule has 4 rings (SSSR count). The van der Waals surface area contributed by atoms with Gasteiger partial charge in [0.25, 0.3) is 0 Å². The Hall–Kier alpha value is -2.51. The molecule has 1 aliphatic carbocycles. The van der Waals surface area contributed by atoms with Crippen LogP contribution in [0.1, 0.15) is 6.92 Å². The molecule has 5 N–H and O–H groups in total. The lowest BCUT2D eigenvalue weighted by Gasteiger charge is -2.39. The van der Waals surface area contributed by atoms with Crippen LogP contribution in [0.2, 0.25) is 0 Å². The van der Waals surface area contributed by atoms with E-state index in [1.807, 2.05) is 4.90 Å². The van der Waals surface area contributed by atoms with E-state index in [9.17, 15) is 14.7 Å². The fourth-order valence-corrected chi connectivity index (χ4v) is 4.74. The van der Waals surface area contributed by atoms with Crippen LogP contribution in [0.4, 0.5) is 4.79 Å². The summed E-state index contributed by atoms with van der Waals surface area (Å²) < 4.78 is 21.7. The summed E-state index contributed by atoms with van der Waals surface area (Å²) in [6.07, 6.45) is -1.33. The molecule has 3 aliphatic heterocycles. The molecule has 178 valence electrons. The van der Waals surface area contributed by atoms with Crippen LogP contribution in [0.15, 0.2) is 22.6 Å². The van der Waals surface area contributed by atoms with Crippen LogP contribution < -0.4 is 11.1 Å². The number of hydrogen-bond donors (Lipinski definition) is 4. The predicted octanol–water partition coefficient (Wildman–Crippen LogP) is -1.41. The van der Waals surface area contributed by atoms with Crippen molar-refractivity contribution in [1.29, 1.82) is 0 Å². The maximum absolute atomic E-state index is 13.2. The van der Waals surface area contributed by atoms with Crippen molar-refractivity contribution < 1.29 is 43.5 Å². The van der Waals surface area contributed by atoms with Gasteiger partial charge in [0.15, 0.2) is 11.5 Å². The number of carboxylic acid groups (broad SMARTS) is 1. The number of rotatable bonds is 9. The standard InChI is InChI=1S/C19H26N2O7.CH3NO2/c1-10-15(23)14-13(16(24)17(10)28-7-6-27-5-4-25-2)11(9-22)19(26-3)18-12(20-18)8-21(14)19;2-1(3)4/h11-12,18,20,22H,4-9H2,1-3H3;2H2,(H,3,4). The van der Waals surface area contributed by atoms with Crippen molar-refractivity contribution in [3.8, 4) is 0 Å². The molecular formula is C20H29N3O9. The van der Waals surface area contributed by atoms with Gasteiger partial charge >= 0.3 is 6.09 Å². The van der Waals surface area contributed by atoms with E-state index in [1.165, 1.54) is 0 Å². The number of methoxy groups -OCH3 is 2. The molecule has 0 aromatic rings. The second-order valence-corrected chi connectivity index (χ2v) is 7.72. The van der Waals surface area contributed by atoms with Gasteiger partial charge in [0.05, 0.1) is 44.1 Å². The van der Waals surface area contributed by atoms with Gasteiger partial charge in [-0.2, -0.15) is 0 Å². The predicted molar refractivity (Wildman–Crippen MR) is 108 cm³/mol. The van der Waals surface area contributed by atoms with E-state index in [1.54, 1.807) is 21.1 Å². The van der Waals surface area contributed by atoms with E-state index in [4.69, 9.17) is 28.8 Å². The summed E-state index contributed by atoms with van der Waals surface area (Å²) in [6, 6.07) is 0.192. The molecule has 4 atom stereocenters. The van der Waals surface area contributed by atoms with Gasteiger partial charge in [-0.3, -0.25) is 9.59 Å². The van der Waals surface area contributed by atoms with Crippen molar-refractivity contribution in [2.24, 2.45) is 11.7 Å². The maximum atomic E-state index is 13.2. The summed E-state index contributed by atoms with van der Waals surface area (Å²) in [5.41, 5.74) is 4.04. The minimum atomic E-state index is -1.33. The quantitative estimate of drug-likeness (QED) is 0.182. The molecule has 12 heteroatoms. The van der Waals surface area contributed by atoms with Crippen LogP contribution in [0.25, 0.3) is 0 Å². The highest BCUT2D eigenvalue weighted by Crippen LogP contribution is 2.55. The molecule has 0 aromatic carbocycles. The number of primary amides is 1. The zero-order chi connectivity index (χ0) is 23.6. The number of Topliss-reactive ketones (excluding diaryl/α,β-unsaturated/α-hetero) is 2. The van der Waals surface area contributed by atoms with Crippen LogP contribution in [0, 0.1) is 5.92 Å². The lowest BCUT2D eigenvalue weighted by Crippen LogP contribution is -2.54. The van der Waals surface area contributed by atoms with Crippen molar-refractivity contribution in [1.82, 2.24) is 10.2 Å². The monoisotopic (exact) mass is 455 g/mol. The van der Waals surface area contributed by atoms with Gasteiger partial charge in [0.1, 0.15) is 6.61 Å².